The van der Waals surface area contributed by atoms with E-state index in [0.29, 0.717) is 102 Å². The van der Waals surface area contributed by atoms with Crippen molar-refractivity contribution in [3.63, 3.8) is 0 Å². The number of methoxy groups -OCH3 is 1. The number of piperazine rings is 1. The van der Waals surface area contributed by atoms with Crippen LogP contribution in [0.3, 0.4) is 0 Å². The van der Waals surface area contributed by atoms with Crippen LogP contribution >= 0.6 is 0 Å². The smallest absolute Gasteiger partial charge is 0.410 e. The molecule has 0 aromatic carbocycles. The lowest BCUT2D eigenvalue weighted by molar-refractivity contribution is -0.167. The zero-order valence-electron chi connectivity index (χ0n) is 49.6. The van der Waals surface area contributed by atoms with E-state index in [4.69, 9.17) is 33.7 Å². The molecule has 18 nitrogen and oxygen atoms in total. The summed E-state index contributed by atoms with van der Waals surface area (Å²) >= 11 is 0. The Hall–Kier alpha value is -5.14. The van der Waals surface area contributed by atoms with E-state index in [2.05, 4.69) is 16.7 Å². The van der Waals surface area contributed by atoms with E-state index in [1.54, 1.807) is 31.9 Å². The van der Waals surface area contributed by atoms with Gasteiger partial charge in [0.1, 0.15) is 35.9 Å². The van der Waals surface area contributed by atoms with E-state index in [0.717, 1.165) is 81.6 Å². The molecule has 7 rings (SSSR count). The summed E-state index contributed by atoms with van der Waals surface area (Å²) in [5, 5.41) is 11.2. The Kier molecular flexibility index (Phi) is 24.7. The third-order valence-corrected chi connectivity index (χ3v) is 17.7. The first-order valence-electron chi connectivity index (χ1n) is 30.5. The molecule has 9 atom stereocenters. The summed E-state index contributed by atoms with van der Waals surface area (Å²) in [6, 6.07) is -0.999. The maximum atomic E-state index is 14.4. The molecule has 2 amide bonds. The van der Waals surface area contributed by atoms with Gasteiger partial charge < -0.3 is 43.5 Å². The van der Waals surface area contributed by atoms with Gasteiger partial charge in [0.25, 0.3) is 5.91 Å². The first-order chi connectivity index (χ1) is 39.0. The van der Waals surface area contributed by atoms with Gasteiger partial charge in [-0.1, -0.05) is 57.2 Å². The number of Topliss-reactive ketones (excluding diaryl/α,β-unsaturated/α-hetero) is 3. The van der Waals surface area contributed by atoms with Crippen molar-refractivity contribution < 1.29 is 57.6 Å². The summed E-state index contributed by atoms with van der Waals surface area (Å²) in [4.78, 5) is 101. The number of aromatic nitrogens is 2. The highest BCUT2D eigenvalue weighted by Crippen LogP contribution is 2.33. The molecule has 1 aromatic rings. The van der Waals surface area contributed by atoms with Crippen LogP contribution in [0, 0.1) is 23.7 Å². The number of amides is 2. The number of rotatable bonds is 10. The van der Waals surface area contributed by atoms with Crippen LogP contribution in [0.2, 0.25) is 0 Å². The number of esters is 1. The number of ketones is 3. The molecule has 81 heavy (non-hydrogen) atoms. The number of hydrogen-bond donors (Lipinski definition) is 1. The fourth-order valence-electron chi connectivity index (χ4n) is 12.4. The lowest BCUT2D eigenvalue weighted by atomic mass is 9.83. The largest absolute Gasteiger partial charge is 0.460 e. The van der Waals surface area contributed by atoms with Crippen molar-refractivity contribution >= 4 is 41.3 Å². The molecule has 1 N–H and O–H groups in total. The molecule has 1 aliphatic carbocycles. The van der Waals surface area contributed by atoms with E-state index in [1.807, 2.05) is 57.3 Å². The van der Waals surface area contributed by atoms with Gasteiger partial charge in [-0.15, -0.1) is 0 Å². The van der Waals surface area contributed by atoms with Crippen LogP contribution in [0.1, 0.15) is 156 Å². The van der Waals surface area contributed by atoms with Gasteiger partial charge in [0.05, 0.1) is 37.2 Å². The maximum absolute atomic E-state index is 14.4. The van der Waals surface area contributed by atoms with Crippen LogP contribution < -0.4 is 4.90 Å². The Morgan fingerprint density at radius 2 is 1.60 bits per heavy atom. The number of ether oxygens (including phenoxy) is 5. The molecule has 448 valence electrons. The van der Waals surface area contributed by atoms with E-state index < -0.39 is 47.9 Å². The van der Waals surface area contributed by atoms with E-state index in [9.17, 15) is 33.9 Å². The molecule has 6 heterocycles. The minimum absolute atomic E-state index is 0.0602. The van der Waals surface area contributed by atoms with Crippen LogP contribution in [-0.4, -0.2) is 174 Å². The lowest BCUT2D eigenvalue weighted by Gasteiger charge is -2.36. The molecular formula is C63H94N6O12. The number of carbonyl (C=O) groups is 6. The minimum atomic E-state index is -1.06. The van der Waals surface area contributed by atoms with Crippen molar-refractivity contribution in [2.45, 2.75) is 200 Å². The van der Waals surface area contributed by atoms with Crippen LogP contribution in [-0.2, 0) is 60.6 Å². The number of allylic oxidation sites excluding steroid dienone is 6. The molecule has 6 aliphatic rings. The van der Waals surface area contributed by atoms with Gasteiger partial charge in [0.15, 0.2) is 0 Å². The normalized spacial score (nSPS) is 32.8. The SMILES string of the molecule is CCOCCN1CCN(c2ncc3c(n2)CCN(C(=O)OC2CCC(CC[C@@H]4CC(=O)[C@H](C)/C=C(\C)[C@@H](O)CC(=O)[C@H](C)C[C@H](C)/C=C/C=C/C=C(\C)[C@@H](OC)CC5CCCC(O5)C(=O)C(=O)N5CCCC[C@H]5C(=O)O4)CC2)C3)CC1. The van der Waals surface area contributed by atoms with Crippen LogP contribution in [0.15, 0.2) is 53.8 Å². The Bertz CT molecular complexity index is 2410. The number of aliphatic hydroxyl groups is 1. The predicted octanol–water partition coefficient (Wildman–Crippen LogP) is 8.27. The lowest BCUT2D eigenvalue weighted by Crippen LogP contribution is -2.54. The van der Waals surface area contributed by atoms with Gasteiger partial charge >= 0.3 is 12.1 Å². The number of fused-ring (bicyclic) bond motifs is 4. The fraction of sp³-hybridized carbons (Fsp3) is 0.714. The Morgan fingerprint density at radius 3 is 2.36 bits per heavy atom. The van der Waals surface area contributed by atoms with Crippen molar-refractivity contribution in [2.75, 3.05) is 71.0 Å². The fourth-order valence-corrected chi connectivity index (χ4v) is 12.4. The minimum Gasteiger partial charge on any atom is -0.460 e. The third kappa shape index (κ3) is 18.7. The van der Waals surface area contributed by atoms with Crippen LogP contribution in [0.4, 0.5) is 10.7 Å². The Balaban J connectivity index is 0.978. The van der Waals surface area contributed by atoms with Gasteiger partial charge in [0.2, 0.25) is 11.7 Å². The van der Waals surface area contributed by atoms with Crippen molar-refractivity contribution in [2.24, 2.45) is 23.7 Å². The molecule has 18 heteroatoms. The van der Waals surface area contributed by atoms with Crippen molar-refractivity contribution in [3.8, 4) is 0 Å². The van der Waals surface area contributed by atoms with E-state index in [-0.39, 0.29) is 73.1 Å². The van der Waals surface area contributed by atoms with Crippen molar-refractivity contribution in [3.05, 3.63) is 65.1 Å². The molecule has 1 aromatic heterocycles. The average Bonchev–Trinajstić information content (AvgIpc) is 3.61. The molecule has 5 aliphatic heterocycles. The maximum Gasteiger partial charge on any atom is 0.410 e. The molecule has 4 fully saturated rings. The number of hydrogen-bond acceptors (Lipinski definition) is 16. The zero-order valence-corrected chi connectivity index (χ0v) is 49.6. The Labute approximate surface area is 481 Å². The highest BCUT2D eigenvalue weighted by Gasteiger charge is 2.42. The third-order valence-electron chi connectivity index (χ3n) is 17.7. The monoisotopic (exact) mass is 1130 g/mol. The number of carbonyl (C=O) groups excluding carboxylic acids is 6. The van der Waals surface area contributed by atoms with Crippen LogP contribution in [0.5, 0.6) is 0 Å². The molecule has 3 saturated heterocycles. The summed E-state index contributed by atoms with van der Waals surface area (Å²) < 4.78 is 30.1. The number of anilines is 1. The first-order valence-corrected chi connectivity index (χ1v) is 30.5. The summed E-state index contributed by atoms with van der Waals surface area (Å²) in [7, 11) is 1.64. The van der Waals surface area contributed by atoms with Gasteiger partial charge in [-0.2, -0.15) is 0 Å². The average molecular weight is 1130 g/mol. The molecule has 0 radical (unpaired) electrons. The molecule has 2 unspecified atom stereocenters. The summed E-state index contributed by atoms with van der Waals surface area (Å²) in [5.41, 5.74) is 3.39. The van der Waals surface area contributed by atoms with Gasteiger partial charge in [0, 0.05) is 109 Å². The number of cyclic esters (lactones) is 1. The topological polar surface area (TPSA) is 208 Å². The molecule has 1 saturated carbocycles. The summed E-state index contributed by atoms with van der Waals surface area (Å²) in [6.07, 6.45) is 18.3. The van der Waals surface area contributed by atoms with E-state index in [1.165, 1.54) is 4.90 Å². The van der Waals surface area contributed by atoms with Crippen LogP contribution in [0.25, 0.3) is 0 Å². The van der Waals surface area contributed by atoms with Gasteiger partial charge in [-0.25, -0.2) is 19.6 Å². The highest BCUT2D eigenvalue weighted by atomic mass is 16.6. The Morgan fingerprint density at radius 1 is 0.827 bits per heavy atom. The van der Waals surface area contributed by atoms with Gasteiger partial charge in [-0.05, 0) is 127 Å². The second-order valence-electron chi connectivity index (χ2n) is 23.9. The number of piperidine rings is 1. The predicted molar refractivity (Wildman–Crippen MR) is 308 cm³/mol. The number of nitrogens with zero attached hydrogens (tertiary/aromatic N) is 6. The summed E-state index contributed by atoms with van der Waals surface area (Å²) in [5.74, 6) is -2.21. The standard InChI is InChI=1S/C63H94N6O12/c1-8-78-34-33-66-29-31-67(32-30-66)62-64-40-48-41-68(28-26-52(48)65-62)63(76)81-49-23-20-47(21-24-49)22-25-51-37-54(70)45(5)36-46(6)56(72)39-55(71)44(4)35-42(2)15-10-9-11-16-43(3)58(77-7)38-50-17-14-19-57(79-50)59(73)60(74)69-27-13-12-18-53(69)61(75)80-51/h9-11,15-16,36,40,42,44-45,47,49-51,53,56-58,72H,8,12-14,17-35,37-39,41H2,1-7H3/b11-9+,15-10+,43-16+,46-36+/t42-,44-,45-,47?,49?,50?,51-,53+,56+,57?,58+/m1/s1. The molecular weight excluding hydrogens is 1030 g/mol. The van der Waals surface area contributed by atoms with Crippen molar-refractivity contribution in [1.82, 2.24) is 24.7 Å². The quantitative estimate of drug-likeness (QED) is 0.101. The summed E-state index contributed by atoms with van der Waals surface area (Å²) in [6.45, 7) is 18.5. The first kappa shape index (κ1) is 63.4. The molecule has 0 spiro atoms. The van der Waals surface area contributed by atoms with Gasteiger partial charge in [-0.3, -0.25) is 24.1 Å². The zero-order chi connectivity index (χ0) is 58.0. The highest BCUT2D eigenvalue weighted by molar-refractivity contribution is 6.38. The number of aliphatic hydroxyl groups excluding tert-OH is 1. The molecule has 2 bridgehead atoms. The second kappa shape index (κ2) is 31.5. The van der Waals surface area contributed by atoms with E-state index >= 15 is 0 Å². The second-order valence-corrected chi connectivity index (χ2v) is 23.9. The van der Waals surface area contributed by atoms with Crippen molar-refractivity contribution in [1.29, 1.82) is 0 Å².